The van der Waals surface area contributed by atoms with Crippen molar-refractivity contribution in [1.82, 2.24) is 9.97 Å². The first-order chi connectivity index (χ1) is 15.4. The van der Waals surface area contributed by atoms with E-state index in [4.69, 9.17) is 19.4 Å². The Hall–Kier alpha value is -4.06. The van der Waals surface area contributed by atoms with Gasteiger partial charge in [0.05, 0.1) is 37.0 Å². The van der Waals surface area contributed by atoms with Crippen molar-refractivity contribution >= 4 is 0 Å². The van der Waals surface area contributed by atoms with Crippen LogP contribution in [0.2, 0.25) is 0 Å². The van der Waals surface area contributed by atoms with Crippen LogP contribution < -0.4 is 9.47 Å². The fourth-order valence-corrected chi connectivity index (χ4v) is 3.65. The van der Waals surface area contributed by atoms with Crippen LogP contribution in [0.4, 0.5) is 0 Å². The molecule has 6 nitrogen and oxygen atoms in total. The smallest absolute Gasteiger partial charge is 0.167 e. The van der Waals surface area contributed by atoms with Gasteiger partial charge in [0, 0.05) is 11.1 Å². The van der Waals surface area contributed by atoms with Crippen molar-refractivity contribution in [3.8, 4) is 56.9 Å². The molecule has 2 aromatic heterocycles. The Morgan fingerprint density at radius 3 is 1.34 bits per heavy atom. The second-order valence-corrected chi connectivity index (χ2v) is 7.54. The molecule has 0 amide bonds. The number of benzene rings is 2. The van der Waals surface area contributed by atoms with Crippen LogP contribution in [0.5, 0.6) is 23.0 Å². The van der Waals surface area contributed by atoms with Crippen molar-refractivity contribution in [1.29, 1.82) is 0 Å². The van der Waals surface area contributed by atoms with Gasteiger partial charge in [0.15, 0.2) is 23.0 Å². The topological polar surface area (TPSA) is 84.7 Å². The monoisotopic (exact) mass is 428 g/mol. The van der Waals surface area contributed by atoms with Gasteiger partial charge in [0.2, 0.25) is 0 Å². The number of ether oxygens (including phenoxy) is 2. The molecule has 0 bridgehead atoms. The van der Waals surface area contributed by atoms with Crippen molar-refractivity contribution in [3.05, 3.63) is 71.8 Å². The Labute approximate surface area is 186 Å². The fraction of sp³-hybridized carbons (Fsp3) is 0.154. The Kier molecular flexibility index (Phi) is 5.69. The first-order valence-corrected chi connectivity index (χ1v) is 10.1. The number of pyridine rings is 2. The molecule has 0 spiro atoms. The molecule has 2 heterocycles. The molecule has 0 saturated heterocycles. The SMILES string of the molecule is COc1cc(C)cc(-c2cccc(-c3cccc(-c4cc(C)cc(OC)c4O)n3)n2)c1O. The van der Waals surface area contributed by atoms with Crippen LogP contribution in [-0.4, -0.2) is 34.4 Å². The molecule has 0 aliphatic carbocycles. The molecular weight excluding hydrogens is 404 g/mol. The highest BCUT2D eigenvalue weighted by molar-refractivity contribution is 5.75. The van der Waals surface area contributed by atoms with Gasteiger partial charge in [-0.25, -0.2) is 9.97 Å². The van der Waals surface area contributed by atoms with Crippen LogP contribution in [0.25, 0.3) is 33.9 Å². The summed E-state index contributed by atoms with van der Waals surface area (Å²) in [5, 5.41) is 21.2. The van der Waals surface area contributed by atoms with E-state index in [2.05, 4.69) is 0 Å². The predicted molar refractivity (Wildman–Crippen MR) is 124 cm³/mol. The molecule has 6 heteroatoms. The third kappa shape index (κ3) is 3.95. The van der Waals surface area contributed by atoms with Gasteiger partial charge in [-0.1, -0.05) is 12.1 Å². The molecule has 0 radical (unpaired) electrons. The summed E-state index contributed by atoms with van der Waals surface area (Å²) < 4.78 is 10.6. The van der Waals surface area contributed by atoms with Crippen molar-refractivity contribution in [2.75, 3.05) is 14.2 Å². The highest BCUT2D eigenvalue weighted by atomic mass is 16.5. The Morgan fingerprint density at radius 2 is 0.969 bits per heavy atom. The summed E-state index contributed by atoms with van der Waals surface area (Å²) in [5.74, 6) is 0.884. The van der Waals surface area contributed by atoms with Crippen LogP contribution in [0.1, 0.15) is 11.1 Å². The lowest BCUT2D eigenvalue weighted by atomic mass is 10.0. The van der Waals surface area contributed by atoms with Crippen LogP contribution in [0.3, 0.4) is 0 Å². The molecule has 0 unspecified atom stereocenters. The average molecular weight is 428 g/mol. The Morgan fingerprint density at radius 1 is 0.594 bits per heavy atom. The van der Waals surface area contributed by atoms with Gasteiger partial charge < -0.3 is 19.7 Å². The fourth-order valence-electron chi connectivity index (χ4n) is 3.65. The Balaban J connectivity index is 1.80. The zero-order valence-electron chi connectivity index (χ0n) is 18.4. The number of hydrogen-bond donors (Lipinski definition) is 2. The first-order valence-electron chi connectivity index (χ1n) is 10.1. The molecular formula is C26H24N2O4. The van der Waals surface area contributed by atoms with Gasteiger partial charge in [-0.2, -0.15) is 0 Å². The van der Waals surface area contributed by atoms with E-state index < -0.39 is 0 Å². The first kappa shape index (κ1) is 21.2. The van der Waals surface area contributed by atoms with E-state index in [9.17, 15) is 10.2 Å². The van der Waals surface area contributed by atoms with E-state index in [1.165, 1.54) is 14.2 Å². The lowest BCUT2D eigenvalue weighted by Crippen LogP contribution is -1.95. The standard InChI is InChI=1S/C26H24N2O4/c1-15-11-17(25(29)23(13-15)31-3)19-7-5-9-21(27-19)22-10-6-8-20(28-22)18-12-16(2)14-24(32-4)26(18)30/h5-14,29-30H,1-4H3. The summed E-state index contributed by atoms with van der Waals surface area (Å²) in [6.07, 6.45) is 0. The summed E-state index contributed by atoms with van der Waals surface area (Å²) in [7, 11) is 3.04. The number of hydrogen-bond acceptors (Lipinski definition) is 6. The number of phenols is 2. The van der Waals surface area contributed by atoms with E-state index in [1.54, 1.807) is 12.1 Å². The molecule has 4 aromatic rings. The van der Waals surface area contributed by atoms with Gasteiger partial charge in [-0.15, -0.1) is 0 Å². The maximum Gasteiger partial charge on any atom is 0.167 e. The van der Waals surface area contributed by atoms with E-state index in [0.29, 0.717) is 45.4 Å². The second kappa shape index (κ2) is 8.59. The second-order valence-electron chi connectivity index (χ2n) is 7.54. The largest absolute Gasteiger partial charge is 0.504 e. The highest BCUT2D eigenvalue weighted by Crippen LogP contribution is 2.39. The number of nitrogens with zero attached hydrogens (tertiary/aromatic N) is 2. The number of aryl methyl sites for hydroxylation is 2. The molecule has 2 aromatic carbocycles. The molecule has 0 aliphatic heterocycles. The Bertz CT molecular complexity index is 1200. The summed E-state index contributed by atoms with van der Waals surface area (Å²) in [6, 6.07) is 18.4. The number of aromatic hydroxyl groups is 2. The molecule has 0 fully saturated rings. The van der Waals surface area contributed by atoms with Crippen molar-refractivity contribution in [2.45, 2.75) is 13.8 Å². The van der Waals surface area contributed by atoms with E-state index in [1.807, 2.05) is 62.4 Å². The van der Waals surface area contributed by atoms with Crippen molar-refractivity contribution < 1.29 is 19.7 Å². The van der Waals surface area contributed by atoms with Gasteiger partial charge >= 0.3 is 0 Å². The molecule has 0 aliphatic rings. The van der Waals surface area contributed by atoms with Crippen LogP contribution in [0.15, 0.2) is 60.7 Å². The van der Waals surface area contributed by atoms with Gasteiger partial charge in [-0.05, 0) is 73.5 Å². The molecule has 162 valence electrons. The molecule has 4 rings (SSSR count). The number of aromatic nitrogens is 2. The normalized spacial score (nSPS) is 10.8. The minimum absolute atomic E-state index is 0.0428. The van der Waals surface area contributed by atoms with E-state index >= 15 is 0 Å². The maximum atomic E-state index is 10.6. The van der Waals surface area contributed by atoms with Crippen LogP contribution >= 0.6 is 0 Å². The number of phenolic OH excluding ortho intramolecular Hbond substituents is 2. The minimum Gasteiger partial charge on any atom is -0.504 e. The molecule has 0 atom stereocenters. The summed E-state index contributed by atoms with van der Waals surface area (Å²) >= 11 is 0. The molecule has 32 heavy (non-hydrogen) atoms. The lowest BCUT2D eigenvalue weighted by molar-refractivity contribution is 0.374. The number of rotatable bonds is 5. The predicted octanol–water partition coefficient (Wildman–Crippen LogP) is 5.52. The molecule has 2 N–H and O–H groups in total. The van der Waals surface area contributed by atoms with Crippen LogP contribution in [-0.2, 0) is 0 Å². The third-order valence-corrected chi connectivity index (χ3v) is 5.19. The molecule has 0 saturated carbocycles. The van der Waals surface area contributed by atoms with Gasteiger partial charge in [0.1, 0.15) is 0 Å². The summed E-state index contributed by atoms with van der Waals surface area (Å²) in [4.78, 5) is 9.47. The third-order valence-electron chi connectivity index (χ3n) is 5.19. The minimum atomic E-state index is 0.0428. The lowest BCUT2D eigenvalue weighted by Gasteiger charge is -2.12. The number of methoxy groups -OCH3 is 2. The van der Waals surface area contributed by atoms with E-state index in [-0.39, 0.29) is 11.5 Å². The van der Waals surface area contributed by atoms with Crippen molar-refractivity contribution in [2.24, 2.45) is 0 Å². The average Bonchev–Trinajstić information content (AvgIpc) is 2.81. The van der Waals surface area contributed by atoms with Gasteiger partial charge in [-0.3, -0.25) is 0 Å². The quantitative estimate of drug-likeness (QED) is 0.435. The van der Waals surface area contributed by atoms with E-state index in [0.717, 1.165) is 11.1 Å². The summed E-state index contributed by atoms with van der Waals surface area (Å²) in [5.41, 5.74) is 5.56. The zero-order valence-corrected chi connectivity index (χ0v) is 18.4. The van der Waals surface area contributed by atoms with Crippen molar-refractivity contribution in [3.63, 3.8) is 0 Å². The zero-order chi connectivity index (χ0) is 22.8. The summed E-state index contributed by atoms with van der Waals surface area (Å²) in [6.45, 7) is 3.87. The maximum absolute atomic E-state index is 10.6. The highest BCUT2D eigenvalue weighted by Gasteiger charge is 2.15. The van der Waals surface area contributed by atoms with Crippen LogP contribution in [0, 0.1) is 13.8 Å². The van der Waals surface area contributed by atoms with Gasteiger partial charge in [0.25, 0.3) is 0 Å².